The van der Waals surface area contributed by atoms with Crippen LogP contribution in [0.4, 0.5) is 5.69 Å². The maximum atomic E-state index is 13.2. The van der Waals surface area contributed by atoms with Crippen molar-refractivity contribution in [2.75, 3.05) is 37.5 Å². The molecule has 0 spiro atoms. The molecule has 4 rings (SSSR count). The minimum absolute atomic E-state index is 0.0598. The van der Waals surface area contributed by atoms with Crippen LogP contribution in [0.5, 0.6) is 0 Å². The fraction of sp³-hybridized carbons (Fsp3) is 0.250. The average molecular weight is 485 g/mol. The number of benzene rings is 2. The first kappa shape index (κ1) is 23.2. The summed E-state index contributed by atoms with van der Waals surface area (Å²) in [5.41, 5.74) is 1.80. The SMILES string of the molecule is CN(c1cccc(Cl)c1)S(=O)(=O)c1cccc(C(=O)N2CCN(Cc3ccccn3)CC2)c1. The van der Waals surface area contributed by atoms with Crippen LogP contribution in [0.2, 0.25) is 5.02 Å². The fourth-order valence-electron chi connectivity index (χ4n) is 3.77. The van der Waals surface area contributed by atoms with E-state index in [-0.39, 0.29) is 10.8 Å². The molecule has 1 aliphatic heterocycles. The third kappa shape index (κ3) is 5.35. The quantitative estimate of drug-likeness (QED) is 0.535. The molecule has 0 saturated carbocycles. The number of carbonyl (C=O) groups is 1. The summed E-state index contributed by atoms with van der Waals surface area (Å²) in [6, 6.07) is 18.7. The molecular weight excluding hydrogens is 460 g/mol. The highest BCUT2D eigenvalue weighted by Gasteiger charge is 2.26. The number of carbonyl (C=O) groups excluding carboxylic acids is 1. The zero-order valence-electron chi connectivity index (χ0n) is 18.3. The Hall–Kier alpha value is -2.94. The Morgan fingerprint density at radius 3 is 2.45 bits per heavy atom. The van der Waals surface area contributed by atoms with Crippen LogP contribution in [0.1, 0.15) is 16.1 Å². The highest BCUT2D eigenvalue weighted by molar-refractivity contribution is 7.92. The zero-order chi connectivity index (χ0) is 23.4. The summed E-state index contributed by atoms with van der Waals surface area (Å²) in [6.45, 7) is 3.36. The van der Waals surface area contributed by atoms with E-state index < -0.39 is 10.0 Å². The van der Waals surface area contributed by atoms with E-state index in [1.807, 2.05) is 18.2 Å². The van der Waals surface area contributed by atoms with Gasteiger partial charge in [-0.1, -0.05) is 29.8 Å². The van der Waals surface area contributed by atoms with Crippen molar-refractivity contribution < 1.29 is 13.2 Å². The number of halogens is 1. The van der Waals surface area contributed by atoms with E-state index in [2.05, 4.69) is 9.88 Å². The van der Waals surface area contributed by atoms with Gasteiger partial charge in [0, 0.05) is 56.6 Å². The largest absolute Gasteiger partial charge is 0.336 e. The molecule has 2 aromatic carbocycles. The summed E-state index contributed by atoms with van der Waals surface area (Å²) in [5, 5.41) is 0.445. The number of nitrogens with zero attached hydrogens (tertiary/aromatic N) is 4. The second-order valence-corrected chi connectivity index (χ2v) is 10.3. The first-order valence-electron chi connectivity index (χ1n) is 10.6. The number of aromatic nitrogens is 1. The number of amides is 1. The van der Waals surface area contributed by atoms with Gasteiger partial charge in [-0.2, -0.15) is 0 Å². The standard InChI is InChI=1S/C24H25ClN4O3S/c1-27(22-9-5-7-20(25)17-22)33(31,32)23-10-4-6-19(16-23)24(30)29-14-12-28(13-15-29)18-21-8-2-3-11-26-21/h2-11,16-17H,12-15,18H2,1H3. The van der Waals surface area contributed by atoms with Gasteiger partial charge in [-0.3, -0.25) is 19.0 Å². The number of hydrogen-bond donors (Lipinski definition) is 0. The predicted molar refractivity (Wildman–Crippen MR) is 129 cm³/mol. The Kier molecular flexibility index (Phi) is 6.97. The number of rotatable bonds is 6. The summed E-state index contributed by atoms with van der Waals surface area (Å²) in [6.07, 6.45) is 1.78. The maximum Gasteiger partial charge on any atom is 0.264 e. The number of sulfonamides is 1. The molecule has 0 unspecified atom stereocenters. The fourth-order valence-corrected chi connectivity index (χ4v) is 5.19. The molecule has 0 bridgehead atoms. The van der Waals surface area contributed by atoms with E-state index in [0.717, 1.165) is 25.3 Å². The van der Waals surface area contributed by atoms with Crippen LogP contribution in [0, 0.1) is 0 Å². The van der Waals surface area contributed by atoms with Gasteiger partial charge in [0.25, 0.3) is 15.9 Å². The van der Waals surface area contributed by atoms with Gasteiger partial charge in [0.05, 0.1) is 16.3 Å². The molecule has 1 aromatic heterocycles. The second kappa shape index (κ2) is 9.91. The van der Waals surface area contributed by atoms with Crippen molar-refractivity contribution in [3.8, 4) is 0 Å². The highest BCUT2D eigenvalue weighted by Crippen LogP contribution is 2.25. The Morgan fingerprint density at radius 2 is 1.76 bits per heavy atom. The molecule has 1 fully saturated rings. The molecule has 7 nitrogen and oxygen atoms in total. The first-order valence-corrected chi connectivity index (χ1v) is 12.4. The van der Waals surface area contributed by atoms with Gasteiger partial charge in [0.2, 0.25) is 0 Å². The highest BCUT2D eigenvalue weighted by atomic mass is 35.5. The molecule has 33 heavy (non-hydrogen) atoms. The Labute approximate surface area is 199 Å². The van der Waals surface area contributed by atoms with Crippen molar-refractivity contribution in [2.45, 2.75) is 11.4 Å². The third-order valence-electron chi connectivity index (χ3n) is 5.68. The third-order valence-corrected chi connectivity index (χ3v) is 7.70. The van der Waals surface area contributed by atoms with Crippen LogP contribution >= 0.6 is 11.6 Å². The van der Waals surface area contributed by atoms with Crippen LogP contribution < -0.4 is 4.31 Å². The van der Waals surface area contributed by atoms with Crippen molar-refractivity contribution in [1.82, 2.24) is 14.8 Å². The van der Waals surface area contributed by atoms with Crippen molar-refractivity contribution >= 4 is 33.2 Å². The second-order valence-electron chi connectivity index (χ2n) is 7.87. The molecule has 1 saturated heterocycles. The number of piperazine rings is 1. The van der Waals surface area contributed by atoms with E-state index in [1.165, 1.54) is 23.5 Å². The molecule has 172 valence electrons. The van der Waals surface area contributed by atoms with Crippen molar-refractivity contribution in [3.05, 3.63) is 89.2 Å². The topological polar surface area (TPSA) is 73.8 Å². The smallest absolute Gasteiger partial charge is 0.264 e. The Morgan fingerprint density at radius 1 is 1.00 bits per heavy atom. The lowest BCUT2D eigenvalue weighted by molar-refractivity contribution is 0.0627. The normalized spacial score (nSPS) is 14.8. The summed E-state index contributed by atoms with van der Waals surface area (Å²) >= 11 is 6.01. The predicted octanol–water partition coefficient (Wildman–Crippen LogP) is 3.52. The minimum Gasteiger partial charge on any atom is -0.336 e. The van der Waals surface area contributed by atoms with Gasteiger partial charge in [-0.25, -0.2) is 8.42 Å². The van der Waals surface area contributed by atoms with Gasteiger partial charge in [-0.15, -0.1) is 0 Å². The van der Waals surface area contributed by atoms with Crippen LogP contribution in [-0.4, -0.2) is 62.3 Å². The number of anilines is 1. The summed E-state index contributed by atoms with van der Waals surface area (Å²) in [5.74, 6) is -0.171. The molecule has 0 N–H and O–H groups in total. The minimum atomic E-state index is -3.85. The molecule has 0 aliphatic carbocycles. The number of hydrogen-bond acceptors (Lipinski definition) is 5. The zero-order valence-corrected chi connectivity index (χ0v) is 19.8. The van der Waals surface area contributed by atoms with Crippen LogP contribution in [0.15, 0.2) is 77.8 Å². The van der Waals surface area contributed by atoms with Gasteiger partial charge < -0.3 is 4.90 Å². The Balaban J connectivity index is 1.45. The molecular formula is C24H25ClN4O3S. The molecule has 3 aromatic rings. The maximum absolute atomic E-state index is 13.2. The molecule has 2 heterocycles. The van der Waals surface area contributed by atoms with Crippen LogP contribution in [-0.2, 0) is 16.6 Å². The van der Waals surface area contributed by atoms with Gasteiger partial charge in [-0.05, 0) is 48.5 Å². The molecule has 1 aliphatic rings. The van der Waals surface area contributed by atoms with Gasteiger partial charge >= 0.3 is 0 Å². The lowest BCUT2D eigenvalue weighted by Gasteiger charge is -2.34. The van der Waals surface area contributed by atoms with E-state index in [0.29, 0.717) is 29.4 Å². The van der Waals surface area contributed by atoms with E-state index >= 15 is 0 Å². The van der Waals surface area contributed by atoms with Gasteiger partial charge in [0.1, 0.15) is 0 Å². The van der Waals surface area contributed by atoms with Crippen molar-refractivity contribution in [2.24, 2.45) is 0 Å². The van der Waals surface area contributed by atoms with E-state index in [4.69, 9.17) is 11.6 Å². The summed E-state index contributed by atoms with van der Waals surface area (Å²) in [4.78, 5) is 21.5. The van der Waals surface area contributed by atoms with E-state index in [9.17, 15) is 13.2 Å². The summed E-state index contributed by atoms with van der Waals surface area (Å²) in [7, 11) is -2.38. The van der Waals surface area contributed by atoms with E-state index in [1.54, 1.807) is 47.5 Å². The van der Waals surface area contributed by atoms with Crippen LogP contribution in [0.3, 0.4) is 0 Å². The molecule has 0 atom stereocenters. The monoisotopic (exact) mass is 484 g/mol. The molecule has 1 amide bonds. The first-order chi connectivity index (χ1) is 15.8. The lowest BCUT2D eigenvalue weighted by Crippen LogP contribution is -2.48. The number of pyridine rings is 1. The van der Waals surface area contributed by atoms with Gasteiger partial charge in [0.15, 0.2) is 0 Å². The van der Waals surface area contributed by atoms with Crippen LogP contribution in [0.25, 0.3) is 0 Å². The molecule has 9 heteroatoms. The Bertz CT molecular complexity index is 1230. The van der Waals surface area contributed by atoms with Crippen molar-refractivity contribution in [3.63, 3.8) is 0 Å². The molecule has 0 radical (unpaired) electrons. The lowest BCUT2D eigenvalue weighted by atomic mass is 10.2. The summed E-state index contributed by atoms with van der Waals surface area (Å²) < 4.78 is 27.5. The average Bonchev–Trinajstić information content (AvgIpc) is 2.84. The van der Waals surface area contributed by atoms with Crippen molar-refractivity contribution in [1.29, 1.82) is 0 Å².